The first kappa shape index (κ1) is 8.13. The Morgan fingerprint density at radius 3 is 2.85 bits per heavy atom. The zero-order chi connectivity index (χ0) is 9.26. The Morgan fingerprint density at radius 2 is 2.23 bits per heavy atom. The topological polar surface area (TPSA) is 43.8 Å². The number of imidazole rings is 1. The van der Waals surface area contributed by atoms with Crippen molar-refractivity contribution in [2.75, 3.05) is 5.73 Å². The molecule has 0 radical (unpaired) electrons. The molecule has 1 aromatic carbocycles. The summed E-state index contributed by atoms with van der Waals surface area (Å²) in [5.41, 5.74) is 6.44. The third kappa shape index (κ3) is 1.65. The largest absolute Gasteiger partial charge is 0.382 e. The first-order valence-corrected chi connectivity index (χ1v) is 4.19. The average molecular weight is 194 g/mol. The van der Waals surface area contributed by atoms with E-state index < -0.39 is 0 Å². The fraction of sp³-hybridized carbons (Fsp3) is 0. The van der Waals surface area contributed by atoms with Crippen LogP contribution in [-0.2, 0) is 0 Å². The zero-order valence-corrected chi connectivity index (χ0v) is 7.57. The molecule has 13 heavy (non-hydrogen) atoms. The van der Waals surface area contributed by atoms with Gasteiger partial charge in [0.2, 0.25) is 0 Å². The molecule has 2 rings (SSSR count). The maximum Gasteiger partial charge on any atom is 0.141 e. The first-order chi connectivity index (χ1) is 6.25. The van der Waals surface area contributed by atoms with Crippen LogP contribution in [0.3, 0.4) is 0 Å². The van der Waals surface area contributed by atoms with E-state index in [2.05, 4.69) is 4.98 Å². The number of hydrogen-bond donors (Lipinski definition) is 1. The maximum absolute atomic E-state index is 5.84. The minimum absolute atomic E-state index is 0.500. The maximum atomic E-state index is 5.84. The van der Waals surface area contributed by atoms with Gasteiger partial charge in [0.25, 0.3) is 0 Å². The second kappa shape index (κ2) is 3.11. The lowest BCUT2D eigenvalue weighted by molar-refractivity contribution is 1.06. The van der Waals surface area contributed by atoms with E-state index >= 15 is 0 Å². The van der Waals surface area contributed by atoms with Gasteiger partial charge in [-0.25, -0.2) is 4.98 Å². The van der Waals surface area contributed by atoms with Crippen molar-refractivity contribution in [2.24, 2.45) is 0 Å². The van der Waals surface area contributed by atoms with E-state index in [0.29, 0.717) is 10.8 Å². The average Bonchev–Trinajstić information content (AvgIpc) is 2.52. The third-order valence-electron chi connectivity index (χ3n) is 1.71. The molecule has 0 atom stereocenters. The van der Waals surface area contributed by atoms with Gasteiger partial charge in [0.1, 0.15) is 12.1 Å². The number of nitrogens with two attached hydrogens (primary N) is 1. The predicted molar refractivity (Wildman–Crippen MR) is 53.0 cm³/mol. The molecule has 0 unspecified atom stereocenters. The second-order valence-electron chi connectivity index (χ2n) is 2.69. The van der Waals surface area contributed by atoms with E-state index in [1.807, 2.05) is 28.8 Å². The van der Waals surface area contributed by atoms with Gasteiger partial charge in [0.15, 0.2) is 0 Å². The molecule has 1 aromatic heterocycles. The summed E-state index contributed by atoms with van der Waals surface area (Å²) < 4.78 is 1.82. The number of nitrogens with zero attached hydrogens (tertiary/aromatic N) is 2. The number of rotatable bonds is 1. The van der Waals surface area contributed by atoms with Gasteiger partial charge in [-0.15, -0.1) is 0 Å². The van der Waals surface area contributed by atoms with Crippen molar-refractivity contribution >= 4 is 17.4 Å². The molecular formula is C9H8ClN3. The van der Waals surface area contributed by atoms with Gasteiger partial charge >= 0.3 is 0 Å². The Bertz CT molecular complexity index is 422. The highest BCUT2D eigenvalue weighted by molar-refractivity contribution is 6.30. The van der Waals surface area contributed by atoms with Crippen molar-refractivity contribution < 1.29 is 0 Å². The predicted octanol–water partition coefficient (Wildman–Crippen LogP) is 2.11. The summed E-state index contributed by atoms with van der Waals surface area (Å²) in [6.07, 6.45) is 3.40. The van der Waals surface area contributed by atoms with Crippen LogP contribution in [0.15, 0.2) is 36.8 Å². The number of halogens is 1. The molecule has 0 amide bonds. The van der Waals surface area contributed by atoms with Crippen LogP contribution in [0.5, 0.6) is 0 Å². The summed E-state index contributed by atoms with van der Waals surface area (Å²) >= 11 is 5.84. The molecule has 4 heteroatoms. The standard InChI is InChI=1S/C9H8ClN3/c10-7-2-1-3-8(4-7)13-5-9(11)12-6-13/h1-6H,11H2. The fourth-order valence-corrected chi connectivity index (χ4v) is 1.30. The Balaban J connectivity index is 2.46. The van der Waals surface area contributed by atoms with Gasteiger partial charge in [-0.1, -0.05) is 17.7 Å². The van der Waals surface area contributed by atoms with Crippen LogP contribution in [0.2, 0.25) is 5.02 Å². The van der Waals surface area contributed by atoms with Gasteiger partial charge in [-0.3, -0.25) is 0 Å². The van der Waals surface area contributed by atoms with Crippen molar-refractivity contribution in [3.05, 3.63) is 41.8 Å². The smallest absolute Gasteiger partial charge is 0.141 e. The molecule has 0 aliphatic carbocycles. The van der Waals surface area contributed by atoms with Gasteiger partial charge < -0.3 is 10.3 Å². The third-order valence-corrected chi connectivity index (χ3v) is 1.94. The highest BCUT2D eigenvalue weighted by atomic mass is 35.5. The molecule has 66 valence electrons. The molecule has 0 fully saturated rings. The zero-order valence-electron chi connectivity index (χ0n) is 6.81. The highest BCUT2D eigenvalue weighted by Gasteiger charge is 1.97. The Morgan fingerprint density at radius 1 is 1.38 bits per heavy atom. The van der Waals surface area contributed by atoms with Crippen LogP contribution in [0.4, 0.5) is 5.82 Å². The quantitative estimate of drug-likeness (QED) is 0.754. The summed E-state index contributed by atoms with van der Waals surface area (Å²) in [6, 6.07) is 7.49. The molecule has 0 aliphatic rings. The van der Waals surface area contributed by atoms with Crippen LogP contribution < -0.4 is 5.73 Å². The summed E-state index contributed by atoms with van der Waals surface area (Å²) in [5, 5.41) is 0.699. The molecule has 0 saturated heterocycles. The van der Waals surface area contributed by atoms with E-state index in [4.69, 9.17) is 17.3 Å². The number of nitrogen functional groups attached to an aromatic ring is 1. The normalized spacial score (nSPS) is 10.2. The van der Waals surface area contributed by atoms with E-state index in [1.165, 1.54) is 0 Å². The Labute approximate surface area is 80.8 Å². The van der Waals surface area contributed by atoms with E-state index in [-0.39, 0.29) is 0 Å². The fourth-order valence-electron chi connectivity index (χ4n) is 1.12. The molecule has 0 saturated carbocycles. The van der Waals surface area contributed by atoms with Crippen LogP contribution in [-0.4, -0.2) is 9.55 Å². The van der Waals surface area contributed by atoms with E-state index in [0.717, 1.165) is 5.69 Å². The molecule has 0 spiro atoms. The van der Waals surface area contributed by atoms with Gasteiger partial charge in [-0.05, 0) is 18.2 Å². The van der Waals surface area contributed by atoms with Crippen molar-refractivity contribution in [1.82, 2.24) is 9.55 Å². The van der Waals surface area contributed by atoms with Crippen molar-refractivity contribution in [1.29, 1.82) is 0 Å². The molecular weight excluding hydrogens is 186 g/mol. The molecule has 2 N–H and O–H groups in total. The lowest BCUT2D eigenvalue weighted by Crippen LogP contribution is -1.89. The Hall–Kier alpha value is -1.48. The van der Waals surface area contributed by atoms with Crippen molar-refractivity contribution in [3.63, 3.8) is 0 Å². The van der Waals surface area contributed by atoms with Crippen molar-refractivity contribution in [3.8, 4) is 5.69 Å². The molecule has 0 bridgehead atoms. The van der Waals surface area contributed by atoms with Gasteiger partial charge in [0.05, 0.1) is 6.20 Å². The molecule has 1 heterocycles. The lowest BCUT2D eigenvalue weighted by atomic mass is 10.3. The number of benzene rings is 1. The first-order valence-electron chi connectivity index (χ1n) is 3.81. The van der Waals surface area contributed by atoms with E-state index in [9.17, 15) is 0 Å². The summed E-state index contributed by atoms with van der Waals surface area (Å²) in [6.45, 7) is 0. The van der Waals surface area contributed by atoms with Gasteiger partial charge in [0, 0.05) is 10.7 Å². The molecule has 2 aromatic rings. The molecule has 0 aliphatic heterocycles. The summed E-state index contributed by atoms with van der Waals surface area (Å²) in [4.78, 5) is 3.92. The summed E-state index contributed by atoms with van der Waals surface area (Å²) in [5.74, 6) is 0.500. The van der Waals surface area contributed by atoms with Gasteiger partial charge in [-0.2, -0.15) is 0 Å². The minimum Gasteiger partial charge on any atom is -0.382 e. The number of aromatic nitrogens is 2. The summed E-state index contributed by atoms with van der Waals surface area (Å²) in [7, 11) is 0. The SMILES string of the molecule is Nc1cn(-c2cccc(Cl)c2)cn1. The lowest BCUT2D eigenvalue weighted by Gasteiger charge is -2.00. The second-order valence-corrected chi connectivity index (χ2v) is 3.12. The van der Waals surface area contributed by atoms with E-state index in [1.54, 1.807) is 12.5 Å². The number of anilines is 1. The van der Waals surface area contributed by atoms with Crippen LogP contribution in [0, 0.1) is 0 Å². The molecule has 3 nitrogen and oxygen atoms in total. The highest BCUT2D eigenvalue weighted by Crippen LogP contribution is 2.15. The number of hydrogen-bond acceptors (Lipinski definition) is 2. The van der Waals surface area contributed by atoms with Crippen LogP contribution in [0.25, 0.3) is 5.69 Å². The van der Waals surface area contributed by atoms with Crippen LogP contribution >= 0.6 is 11.6 Å². The minimum atomic E-state index is 0.500. The van der Waals surface area contributed by atoms with Crippen LogP contribution in [0.1, 0.15) is 0 Å². The Kier molecular flexibility index (Phi) is 1.94. The monoisotopic (exact) mass is 193 g/mol. The van der Waals surface area contributed by atoms with Crippen molar-refractivity contribution in [2.45, 2.75) is 0 Å².